The average molecular weight is 257 g/mol. The minimum atomic E-state index is 0.617. The van der Waals surface area contributed by atoms with Crippen LogP contribution in [0.3, 0.4) is 0 Å². The van der Waals surface area contributed by atoms with Crippen LogP contribution >= 0.6 is 15.9 Å². The minimum absolute atomic E-state index is 0.617. The molecule has 0 aliphatic rings. The highest BCUT2D eigenvalue weighted by atomic mass is 79.9. The fraction of sp³-hybridized carbons (Fsp3) is 0.300. The van der Waals surface area contributed by atoms with Gasteiger partial charge in [-0.3, -0.25) is 0 Å². The predicted octanol–water partition coefficient (Wildman–Crippen LogP) is 2.39. The molecule has 14 heavy (non-hydrogen) atoms. The van der Waals surface area contributed by atoms with Gasteiger partial charge in [-0.15, -0.1) is 0 Å². The second-order valence-electron chi connectivity index (χ2n) is 3.03. The van der Waals surface area contributed by atoms with Gasteiger partial charge in [-0.25, -0.2) is 4.98 Å². The smallest absolute Gasteiger partial charge is 0.213 e. The molecule has 0 N–H and O–H groups in total. The number of hydrogen-bond donors (Lipinski definition) is 0. The second-order valence-corrected chi connectivity index (χ2v) is 3.88. The van der Waals surface area contributed by atoms with Gasteiger partial charge in [0.2, 0.25) is 5.88 Å². The number of aromatic nitrogens is 1. The van der Waals surface area contributed by atoms with Gasteiger partial charge >= 0.3 is 0 Å². The van der Waals surface area contributed by atoms with Crippen molar-refractivity contribution in [1.29, 1.82) is 0 Å². The molecular formula is C10H13BrN2O. The van der Waals surface area contributed by atoms with E-state index in [1.54, 1.807) is 13.3 Å². The quantitative estimate of drug-likeness (QED) is 0.831. The Labute approximate surface area is 92.5 Å². The average Bonchev–Trinajstić information content (AvgIpc) is 2.16. The highest BCUT2D eigenvalue weighted by Crippen LogP contribution is 2.20. The lowest BCUT2D eigenvalue weighted by molar-refractivity contribution is 0.397. The molecule has 1 rings (SSSR count). The van der Waals surface area contributed by atoms with Crippen molar-refractivity contribution >= 4 is 22.0 Å². The van der Waals surface area contributed by atoms with E-state index in [9.17, 15) is 0 Å². The maximum Gasteiger partial charge on any atom is 0.213 e. The van der Waals surface area contributed by atoms with Crippen LogP contribution in [0.2, 0.25) is 0 Å². The standard InChI is InChI=1S/C10H13BrN2O/c1-13(2)5-4-8-6-10(14-3)12-7-9(8)11/h4-7H,1-3H3. The maximum absolute atomic E-state index is 5.04. The SMILES string of the molecule is COc1cc(C=CN(C)C)c(Br)cn1. The second kappa shape index (κ2) is 5.00. The van der Waals surface area contributed by atoms with Crippen LogP contribution in [0.15, 0.2) is 22.9 Å². The van der Waals surface area contributed by atoms with Gasteiger partial charge in [0.05, 0.1) is 7.11 Å². The van der Waals surface area contributed by atoms with E-state index >= 15 is 0 Å². The van der Waals surface area contributed by atoms with E-state index in [1.165, 1.54) is 0 Å². The molecule has 4 heteroatoms. The molecular weight excluding hydrogens is 244 g/mol. The molecule has 0 saturated heterocycles. The molecule has 0 bridgehead atoms. The monoisotopic (exact) mass is 256 g/mol. The number of halogens is 1. The topological polar surface area (TPSA) is 25.4 Å². The summed E-state index contributed by atoms with van der Waals surface area (Å²) in [6.45, 7) is 0. The first kappa shape index (κ1) is 11.0. The maximum atomic E-state index is 5.04. The van der Waals surface area contributed by atoms with Crippen LogP contribution in [0.5, 0.6) is 5.88 Å². The summed E-state index contributed by atoms with van der Waals surface area (Å²) in [5.74, 6) is 0.617. The predicted molar refractivity (Wildman–Crippen MR) is 61.2 cm³/mol. The van der Waals surface area contributed by atoms with Crippen molar-refractivity contribution in [2.75, 3.05) is 21.2 Å². The fourth-order valence-corrected chi connectivity index (χ4v) is 1.25. The van der Waals surface area contributed by atoms with Gasteiger partial charge in [0.15, 0.2) is 0 Å². The first-order valence-electron chi connectivity index (χ1n) is 4.17. The molecule has 0 aliphatic heterocycles. The van der Waals surface area contributed by atoms with Crippen molar-refractivity contribution in [1.82, 2.24) is 9.88 Å². The Kier molecular flexibility index (Phi) is 3.95. The van der Waals surface area contributed by atoms with Gasteiger partial charge in [-0.2, -0.15) is 0 Å². The van der Waals surface area contributed by atoms with Crippen LogP contribution in [0, 0.1) is 0 Å². The van der Waals surface area contributed by atoms with Gasteiger partial charge in [0.25, 0.3) is 0 Å². The van der Waals surface area contributed by atoms with Gasteiger partial charge in [-0.05, 0) is 33.8 Å². The van der Waals surface area contributed by atoms with Crippen LogP contribution in [0.1, 0.15) is 5.56 Å². The van der Waals surface area contributed by atoms with E-state index in [0.29, 0.717) is 5.88 Å². The molecule has 76 valence electrons. The largest absolute Gasteiger partial charge is 0.481 e. The molecule has 1 aromatic heterocycles. The summed E-state index contributed by atoms with van der Waals surface area (Å²) in [4.78, 5) is 6.04. The van der Waals surface area contributed by atoms with Gasteiger partial charge in [0, 0.05) is 30.8 Å². The Morgan fingerprint density at radius 3 is 2.79 bits per heavy atom. The number of ether oxygens (including phenoxy) is 1. The molecule has 1 aromatic rings. The van der Waals surface area contributed by atoms with Gasteiger partial charge in [-0.1, -0.05) is 0 Å². The lowest BCUT2D eigenvalue weighted by Gasteiger charge is -2.05. The number of rotatable bonds is 3. The highest BCUT2D eigenvalue weighted by molar-refractivity contribution is 9.10. The van der Waals surface area contributed by atoms with Crippen LogP contribution in [0.25, 0.3) is 6.08 Å². The van der Waals surface area contributed by atoms with Crippen LogP contribution in [0.4, 0.5) is 0 Å². The molecule has 3 nitrogen and oxygen atoms in total. The van der Waals surface area contributed by atoms with E-state index in [0.717, 1.165) is 10.0 Å². The van der Waals surface area contributed by atoms with Crippen molar-refractivity contribution in [3.8, 4) is 5.88 Å². The van der Waals surface area contributed by atoms with E-state index < -0.39 is 0 Å². The van der Waals surface area contributed by atoms with Crippen molar-refractivity contribution in [3.05, 3.63) is 28.5 Å². The molecule has 0 atom stereocenters. The number of pyridine rings is 1. The zero-order chi connectivity index (χ0) is 10.6. The molecule has 0 saturated carbocycles. The summed E-state index contributed by atoms with van der Waals surface area (Å²) in [6, 6.07) is 1.88. The number of hydrogen-bond acceptors (Lipinski definition) is 3. The van der Waals surface area contributed by atoms with E-state index in [2.05, 4.69) is 20.9 Å². The fourth-order valence-electron chi connectivity index (χ4n) is 0.903. The summed E-state index contributed by atoms with van der Waals surface area (Å²) in [6.07, 6.45) is 5.70. The van der Waals surface area contributed by atoms with E-state index in [4.69, 9.17) is 4.74 Å². The molecule has 0 unspecified atom stereocenters. The molecule has 0 radical (unpaired) electrons. The Hall–Kier alpha value is -1.03. The molecule has 0 fully saturated rings. The van der Waals surface area contributed by atoms with Crippen molar-refractivity contribution in [3.63, 3.8) is 0 Å². The molecule has 0 aliphatic carbocycles. The molecule has 0 spiro atoms. The van der Waals surface area contributed by atoms with Crippen LogP contribution in [-0.4, -0.2) is 31.1 Å². The number of methoxy groups -OCH3 is 1. The van der Waals surface area contributed by atoms with Gasteiger partial charge in [0.1, 0.15) is 0 Å². The zero-order valence-corrected chi connectivity index (χ0v) is 10.1. The summed E-state index contributed by atoms with van der Waals surface area (Å²) < 4.78 is 5.99. The van der Waals surface area contributed by atoms with Crippen LogP contribution < -0.4 is 4.74 Å². The lowest BCUT2D eigenvalue weighted by Crippen LogP contribution is -1.99. The summed E-state index contributed by atoms with van der Waals surface area (Å²) in [5.41, 5.74) is 1.05. The summed E-state index contributed by atoms with van der Waals surface area (Å²) in [7, 11) is 5.56. The molecule has 0 amide bonds. The number of nitrogens with zero attached hydrogens (tertiary/aromatic N) is 2. The summed E-state index contributed by atoms with van der Waals surface area (Å²) >= 11 is 3.42. The first-order valence-corrected chi connectivity index (χ1v) is 4.97. The minimum Gasteiger partial charge on any atom is -0.481 e. The third-order valence-electron chi connectivity index (χ3n) is 1.62. The Morgan fingerprint density at radius 1 is 1.50 bits per heavy atom. The molecule has 1 heterocycles. The van der Waals surface area contributed by atoms with Crippen molar-refractivity contribution in [2.45, 2.75) is 0 Å². The summed E-state index contributed by atoms with van der Waals surface area (Å²) in [5, 5.41) is 0. The van der Waals surface area contributed by atoms with Crippen LogP contribution in [-0.2, 0) is 0 Å². The van der Waals surface area contributed by atoms with Crippen molar-refractivity contribution < 1.29 is 4.74 Å². The Balaban J connectivity index is 2.94. The Bertz CT molecular complexity index is 337. The normalized spacial score (nSPS) is 10.6. The molecule has 0 aromatic carbocycles. The van der Waals surface area contributed by atoms with E-state index in [-0.39, 0.29) is 0 Å². The van der Waals surface area contributed by atoms with E-state index in [1.807, 2.05) is 37.3 Å². The third-order valence-corrected chi connectivity index (χ3v) is 2.28. The third kappa shape index (κ3) is 3.03. The van der Waals surface area contributed by atoms with Crippen molar-refractivity contribution in [2.24, 2.45) is 0 Å². The van der Waals surface area contributed by atoms with Gasteiger partial charge < -0.3 is 9.64 Å². The highest BCUT2D eigenvalue weighted by Gasteiger charge is 1.99. The zero-order valence-electron chi connectivity index (χ0n) is 8.49. The first-order chi connectivity index (χ1) is 6.63. The Morgan fingerprint density at radius 2 is 2.21 bits per heavy atom. The lowest BCUT2D eigenvalue weighted by atomic mass is 10.2.